The maximum Gasteiger partial charge on any atom is 0.323 e. The van der Waals surface area contributed by atoms with Crippen molar-refractivity contribution >= 4 is 11.9 Å². The van der Waals surface area contributed by atoms with Gasteiger partial charge in [0.05, 0.1) is 6.42 Å². The van der Waals surface area contributed by atoms with E-state index in [-0.39, 0.29) is 6.42 Å². The van der Waals surface area contributed by atoms with Crippen LogP contribution in [0, 0.1) is 0 Å². The van der Waals surface area contributed by atoms with Gasteiger partial charge >= 0.3 is 11.9 Å². The number of nitrogens with two attached hydrogens (primary N) is 1. The Balaban J connectivity index is 2.70. The van der Waals surface area contributed by atoms with Gasteiger partial charge in [-0.15, -0.1) is 0 Å². The molecular formula is C7H11NO5. The Bertz CT molecular complexity index is 237. The van der Waals surface area contributed by atoms with Crippen molar-refractivity contribution in [2.24, 2.45) is 5.73 Å². The first kappa shape index (κ1) is 9.94. The Labute approximate surface area is 74.6 Å². The fourth-order valence-electron chi connectivity index (χ4n) is 0.891. The standard InChI is InChI=1S/C7H11NO5/c1-7(11)3-12-6(10)4(8)2-5(9)13-7/h4,11H,2-3,8H2,1H3/t4-,7?/m0/s1. The summed E-state index contributed by atoms with van der Waals surface area (Å²) in [4.78, 5) is 21.9. The minimum absolute atomic E-state index is 0.283. The molecule has 6 nitrogen and oxygen atoms in total. The first-order valence-corrected chi connectivity index (χ1v) is 3.77. The number of aliphatic hydroxyl groups is 1. The van der Waals surface area contributed by atoms with Gasteiger partial charge in [0.25, 0.3) is 0 Å². The molecule has 3 N–H and O–H groups in total. The number of hydrogen-bond donors (Lipinski definition) is 2. The predicted octanol–water partition coefficient (Wildman–Crippen LogP) is -1.49. The Kier molecular flexibility index (Phi) is 2.53. The molecule has 0 saturated carbocycles. The van der Waals surface area contributed by atoms with Crippen LogP contribution in [0.5, 0.6) is 0 Å². The van der Waals surface area contributed by atoms with Crippen LogP contribution in [-0.2, 0) is 19.1 Å². The molecule has 1 aliphatic rings. The number of ether oxygens (including phenoxy) is 2. The van der Waals surface area contributed by atoms with Crippen molar-refractivity contribution in [3.63, 3.8) is 0 Å². The molecule has 1 unspecified atom stereocenters. The number of carbonyl (C=O) groups excluding carboxylic acids is 2. The molecule has 1 heterocycles. The molecule has 0 bridgehead atoms. The highest BCUT2D eigenvalue weighted by molar-refractivity contribution is 5.83. The summed E-state index contributed by atoms with van der Waals surface area (Å²) in [6, 6.07) is -1.01. The first-order valence-electron chi connectivity index (χ1n) is 3.77. The Morgan fingerprint density at radius 2 is 2.23 bits per heavy atom. The van der Waals surface area contributed by atoms with Gasteiger partial charge in [-0.1, -0.05) is 0 Å². The molecular weight excluding hydrogens is 178 g/mol. The number of carbonyl (C=O) groups is 2. The van der Waals surface area contributed by atoms with Crippen LogP contribution in [-0.4, -0.2) is 35.5 Å². The number of hydrogen-bond acceptors (Lipinski definition) is 6. The van der Waals surface area contributed by atoms with E-state index < -0.39 is 30.4 Å². The fraction of sp³-hybridized carbons (Fsp3) is 0.714. The van der Waals surface area contributed by atoms with Crippen LogP contribution < -0.4 is 5.73 Å². The van der Waals surface area contributed by atoms with Crippen molar-refractivity contribution in [3.05, 3.63) is 0 Å². The summed E-state index contributed by atoms with van der Waals surface area (Å²) in [6.07, 6.45) is -0.283. The average Bonchev–Trinajstić information content (AvgIpc) is 1.97. The van der Waals surface area contributed by atoms with Crippen LogP contribution >= 0.6 is 0 Å². The first-order chi connectivity index (χ1) is 5.91. The minimum Gasteiger partial charge on any atom is -0.458 e. The van der Waals surface area contributed by atoms with Gasteiger partial charge in [0.15, 0.2) is 6.61 Å². The number of rotatable bonds is 0. The summed E-state index contributed by atoms with van der Waals surface area (Å²) in [7, 11) is 0. The zero-order valence-electron chi connectivity index (χ0n) is 7.15. The summed E-state index contributed by atoms with van der Waals surface area (Å²) in [5.41, 5.74) is 5.27. The summed E-state index contributed by atoms with van der Waals surface area (Å²) >= 11 is 0. The Morgan fingerprint density at radius 3 is 2.85 bits per heavy atom. The molecule has 0 spiro atoms. The zero-order chi connectivity index (χ0) is 10.1. The molecule has 0 aromatic heterocycles. The molecule has 0 aromatic carbocycles. The van der Waals surface area contributed by atoms with Crippen LogP contribution in [0.15, 0.2) is 0 Å². The highest BCUT2D eigenvalue weighted by Crippen LogP contribution is 2.12. The second kappa shape index (κ2) is 3.31. The molecule has 13 heavy (non-hydrogen) atoms. The predicted molar refractivity (Wildman–Crippen MR) is 40.3 cm³/mol. The van der Waals surface area contributed by atoms with Gasteiger partial charge in [0, 0.05) is 6.92 Å². The second-order valence-electron chi connectivity index (χ2n) is 3.07. The monoisotopic (exact) mass is 189 g/mol. The second-order valence-corrected chi connectivity index (χ2v) is 3.07. The van der Waals surface area contributed by atoms with Gasteiger partial charge in [-0.25, -0.2) is 0 Å². The SMILES string of the molecule is CC1(O)COC(=O)[C@@H](N)CC(=O)O1. The summed E-state index contributed by atoms with van der Waals surface area (Å²) in [5, 5.41) is 9.29. The normalized spacial score (nSPS) is 35.8. The summed E-state index contributed by atoms with van der Waals surface area (Å²) in [5.74, 6) is -3.18. The van der Waals surface area contributed by atoms with Crippen LogP contribution in [0.4, 0.5) is 0 Å². The van der Waals surface area contributed by atoms with E-state index in [0.717, 1.165) is 0 Å². The molecule has 0 amide bonds. The third kappa shape index (κ3) is 2.67. The lowest BCUT2D eigenvalue weighted by molar-refractivity contribution is -0.226. The van der Waals surface area contributed by atoms with Crippen molar-refractivity contribution in [2.45, 2.75) is 25.2 Å². The quantitative estimate of drug-likeness (QED) is 0.450. The molecule has 1 fully saturated rings. The highest BCUT2D eigenvalue weighted by Gasteiger charge is 2.33. The van der Waals surface area contributed by atoms with E-state index >= 15 is 0 Å². The average molecular weight is 189 g/mol. The molecule has 0 aliphatic carbocycles. The van der Waals surface area contributed by atoms with E-state index in [1.165, 1.54) is 6.92 Å². The van der Waals surface area contributed by atoms with Gasteiger partial charge in [0.2, 0.25) is 5.79 Å². The molecule has 0 aromatic rings. The highest BCUT2D eigenvalue weighted by atomic mass is 16.7. The zero-order valence-corrected chi connectivity index (χ0v) is 7.15. The number of cyclic esters (lactones) is 2. The van der Waals surface area contributed by atoms with Crippen LogP contribution in [0.25, 0.3) is 0 Å². The van der Waals surface area contributed by atoms with Crippen LogP contribution in [0.1, 0.15) is 13.3 Å². The maximum atomic E-state index is 10.9. The van der Waals surface area contributed by atoms with Crippen LogP contribution in [0.3, 0.4) is 0 Å². The topological polar surface area (TPSA) is 98.9 Å². The lowest BCUT2D eigenvalue weighted by atomic mass is 10.2. The molecule has 1 saturated heterocycles. The third-order valence-corrected chi connectivity index (χ3v) is 1.51. The molecule has 0 radical (unpaired) electrons. The van der Waals surface area contributed by atoms with Crippen molar-refractivity contribution in [3.8, 4) is 0 Å². The molecule has 74 valence electrons. The van der Waals surface area contributed by atoms with Crippen molar-refractivity contribution in [2.75, 3.05) is 6.61 Å². The van der Waals surface area contributed by atoms with Crippen molar-refractivity contribution in [1.29, 1.82) is 0 Å². The number of esters is 2. The van der Waals surface area contributed by atoms with E-state index in [1.54, 1.807) is 0 Å². The van der Waals surface area contributed by atoms with E-state index in [4.69, 9.17) is 5.73 Å². The largest absolute Gasteiger partial charge is 0.458 e. The minimum atomic E-state index is -1.76. The van der Waals surface area contributed by atoms with Crippen LogP contribution in [0.2, 0.25) is 0 Å². The lowest BCUT2D eigenvalue weighted by Gasteiger charge is -2.26. The molecule has 1 aliphatic heterocycles. The van der Waals surface area contributed by atoms with E-state index in [0.29, 0.717) is 0 Å². The summed E-state index contributed by atoms with van der Waals surface area (Å²) < 4.78 is 9.12. The fourth-order valence-corrected chi connectivity index (χ4v) is 0.891. The Hall–Kier alpha value is -1.14. The van der Waals surface area contributed by atoms with Gasteiger partial charge in [-0.3, -0.25) is 9.59 Å². The maximum absolute atomic E-state index is 10.9. The van der Waals surface area contributed by atoms with Gasteiger partial charge in [-0.05, 0) is 0 Å². The summed E-state index contributed by atoms with van der Waals surface area (Å²) in [6.45, 7) is 0.834. The van der Waals surface area contributed by atoms with Gasteiger partial charge < -0.3 is 20.3 Å². The Morgan fingerprint density at radius 1 is 1.62 bits per heavy atom. The van der Waals surface area contributed by atoms with Gasteiger partial charge in [-0.2, -0.15) is 0 Å². The van der Waals surface area contributed by atoms with Crippen molar-refractivity contribution in [1.82, 2.24) is 0 Å². The van der Waals surface area contributed by atoms with E-state index in [9.17, 15) is 14.7 Å². The van der Waals surface area contributed by atoms with Gasteiger partial charge in [0.1, 0.15) is 6.04 Å². The smallest absolute Gasteiger partial charge is 0.323 e. The lowest BCUT2D eigenvalue weighted by Crippen LogP contribution is -2.45. The van der Waals surface area contributed by atoms with Crippen molar-refractivity contribution < 1.29 is 24.2 Å². The molecule has 6 heteroatoms. The van der Waals surface area contributed by atoms with E-state index in [2.05, 4.69) is 9.47 Å². The third-order valence-electron chi connectivity index (χ3n) is 1.51. The van der Waals surface area contributed by atoms with E-state index in [1.807, 2.05) is 0 Å². The molecule has 2 atom stereocenters. The molecule has 1 rings (SSSR count).